The van der Waals surface area contributed by atoms with Gasteiger partial charge in [-0.3, -0.25) is 9.59 Å². The number of nitrogens with zero attached hydrogens (tertiary/aromatic N) is 1. The Hall–Kier alpha value is -2.11. The van der Waals surface area contributed by atoms with Gasteiger partial charge in [0.05, 0.1) is 5.56 Å². The first-order chi connectivity index (χ1) is 9.60. The van der Waals surface area contributed by atoms with Gasteiger partial charge >= 0.3 is 0 Å². The molecule has 1 aliphatic rings. The van der Waals surface area contributed by atoms with Crippen molar-refractivity contribution < 1.29 is 9.59 Å². The Bertz CT molecular complexity index is 482. The van der Waals surface area contributed by atoms with E-state index in [9.17, 15) is 9.59 Å². The van der Waals surface area contributed by atoms with Crippen molar-refractivity contribution in [2.45, 2.75) is 38.8 Å². The fourth-order valence-electron chi connectivity index (χ4n) is 1.71. The summed E-state index contributed by atoms with van der Waals surface area (Å²) in [5.74, 6) is 0.292. The highest BCUT2D eigenvalue weighted by molar-refractivity contribution is 5.97. The first-order valence-electron chi connectivity index (χ1n) is 6.91. The minimum absolute atomic E-state index is 0.141. The van der Waals surface area contributed by atoms with Crippen molar-refractivity contribution in [3.05, 3.63) is 23.9 Å². The molecule has 1 aromatic rings. The molecule has 0 aromatic carbocycles. The van der Waals surface area contributed by atoms with Crippen LogP contribution < -0.4 is 16.0 Å². The van der Waals surface area contributed by atoms with Crippen LogP contribution in [-0.4, -0.2) is 35.4 Å². The van der Waals surface area contributed by atoms with Gasteiger partial charge < -0.3 is 16.0 Å². The maximum atomic E-state index is 12.0. The lowest BCUT2D eigenvalue weighted by Gasteiger charge is -2.13. The van der Waals surface area contributed by atoms with Crippen LogP contribution in [-0.2, 0) is 4.79 Å². The average molecular weight is 276 g/mol. The SMILES string of the molecule is CCNc1ccc(C(=O)NC(C)C(=O)NC2CC2)cn1. The lowest BCUT2D eigenvalue weighted by Crippen LogP contribution is -2.45. The molecule has 0 bridgehead atoms. The zero-order valence-electron chi connectivity index (χ0n) is 11.8. The molecule has 6 nitrogen and oxygen atoms in total. The number of carbonyl (C=O) groups excluding carboxylic acids is 2. The van der Waals surface area contributed by atoms with Crippen molar-refractivity contribution in [1.29, 1.82) is 0 Å². The van der Waals surface area contributed by atoms with Gasteiger partial charge in [-0.2, -0.15) is 0 Å². The van der Waals surface area contributed by atoms with Gasteiger partial charge in [-0.15, -0.1) is 0 Å². The Kier molecular flexibility index (Phi) is 4.55. The molecule has 1 atom stereocenters. The van der Waals surface area contributed by atoms with Crippen molar-refractivity contribution in [1.82, 2.24) is 15.6 Å². The third kappa shape index (κ3) is 3.94. The van der Waals surface area contributed by atoms with E-state index in [1.165, 1.54) is 6.20 Å². The second-order valence-electron chi connectivity index (χ2n) is 4.94. The Morgan fingerprint density at radius 2 is 2.15 bits per heavy atom. The van der Waals surface area contributed by atoms with Crippen molar-refractivity contribution in [2.24, 2.45) is 0 Å². The number of aromatic nitrogens is 1. The zero-order valence-corrected chi connectivity index (χ0v) is 11.8. The number of anilines is 1. The number of carbonyl (C=O) groups is 2. The molecular weight excluding hydrogens is 256 g/mol. The largest absolute Gasteiger partial charge is 0.370 e. The summed E-state index contributed by atoms with van der Waals surface area (Å²) in [4.78, 5) is 27.9. The molecule has 2 amide bonds. The van der Waals surface area contributed by atoms with Crippen LogP contribution >= 0.6 is 0 Å². The molecule has 6 heteroatoms. The van der Waals surface area contributed by atoms with E-state index in [1.807, 2.05) is 6.92 Å². The number of hydrogen-bond acceptors (Lipinski definition) is 4. The standard InChI is InChI=1S/C14H20N4O2/c1-3-15-12-7-4-10(8-16-12)14(20)17-9(2)13(19)18-11-5-6-11/h4,7-9,11H,3,5-6H2,1-2H3,(H,15,16)(H,17,20)(H,18,19). The quantitative estimate of drug-likeness (QED) is 0.721. The van der Waals surface area contributed by atoms with Gasteiger partial charge in [0.2, 0.25) is 5.91 Å². The Labute approximate surface area is 118 Å². The van der Waals surface area contributed by atoms with Gasteiger partial charge in [-0.1, -0.05) is 0 Å². The molecule has 1 heterocycles. The third-order valence-electron chi connectivity index (χ3n) is 3.05. The second kappa shape index (κ2) is 6.36. The molecule has 0 spiro atoms. The second-order valence-corrected chi connectivity index (χ2v) is 4.94. The normalized spacial score (nSPS) is 15.3. The maximum absolute atomic E-state index is 12.0. The Balaban J connectivity index is 1.87. The van der Waals surface area contributed by atoms with Crippen LogP contribution in [0.3, 0.4) is 0 Å². The van der Waals surface area contributed by atoms with E-state index in [2.05, 4.69) is 20.9 Å². The monoisotopic (exact) mass is 276 g/mol. The third-order valence-corrected chi connectivity index (χ3v) is 3.05. The van der Waals surface area contributed by atoms with Crippen LogP contribution in [0.4, 0.5) is 5.82 Å². The Morgan fingerprint density at radius 3 is 2.70 bits per heavy atom. The van der Waals surface area contributed by atoms with E-state index in [4.69, 9.17) is 0 Å². The van der Waals surface area contributed by atoms with E-state index in [-0.39, 0.29) is 11.8 Å². The number of rotatable bonds is 6. The van der Waals surface area contributed by atoms with Crippen LogP contribution in [0.15, 0.2) is 18.3 Å². The number of pyridine rings is 1. The van der Waals surface area contributed by atoms with E-state index < -0.39 is 6.04 Å². The summed E-state index contributed by atoms with van der Waals surface area (Å²) in [6, 6.07) is 3.18. The molecule has 1 fully saturated rings. The Morgan fingerprint density at radius 1 is 1.40 bits per heavy atom. The van der Waals surface area contributed by atoms with Crippen molar-refractivity contribution in [2.75, 3.05) is 11.9 Å². The van der Waals surface area contributed by atoms with Crippen molar-refractivity contribution in [3.8, 4) is 0 Å². The molecule has 1 aromatic heterocycles. The predicted molar refractivity (Wildman–Crippen MR) is 76.5 cm³/mol. The molecule has 0 aliphatic heterocycles. The number of hydrogen-bond donors (Lipinski definition) is 3. The first kappa shape index (κ1) is 14.3. The molecular formula is C14H20N4O2. The van der Waals surface area contributed by atoms with Gasteiger partial charge in [-0.25, -0.2) is 4.98 Å². The van der Waals surface area contributed by atoms with Gasteiger partial charge in [-0.05, 0) is 38.8 Å². The van der Waals surface area contributed by atoms with Crippen molar-refractivity contribution in [3.63, 3.8) is 0 Å². The summed E-state index contributed by atoms with van der Waals surface area (Å²) in [5, 5.41) is 8.58. The number of amides is 2. The van der Waals surface area contributed by atoms with E-state index >= 15 is 0 Å². The molecule has 2 rings (SSSR count). The maximum Gasteiger partial charge on any atom is 0.253 e. The summed E-state index contributed by atoms with van der Waals surface area (Å²) >= 11 is 0. The van der Waals surface area contributed by atoms with E-state index in [0.29, 0.717) is 11.6 Å². The highest BCUT2D eigenvalue weighted by Gasteiger charge is 2.26. The molecule has 0 saturated heterocycles. The minimum atomic E-state index is -0.545. The van der Waals surface area contributed by atoms with Crippen LogP contribution in [0, 0.1) is 0 Å². The van der Waals surface area contributed by atoms with E-state index in [0.717, 1.165) is 25.2 Å². The van der Waals surface area contributed by atoms with Gasteiger partial charge in [0.1, 0.15) is 11.9 Å². The number of nitrogens with one attached hydrogen (secondary N) is 3. The predicted octanol–water partition coefficient (Wildman–Crippen LogP) is 0.910. The van der Waals surface area contributed by atoms with Crippen LogP contribution in [0.25, 0.3) is 0 Å². The lowest BCUT2D eigenvalue weighted by molar-refractivity contribution is -0.122. The highest BCUT2D eigenvalue weighted by atomic mass is 16.2. The molecule has 1 saturated carbocycles. The molecule has 108 valence electrons. The molecule has 1 aliphatic carbocycles. The smallest absolute Gasteiger partial charge is 0.253 e. The lowest BCUT2D eigenvalue weighted by atomic mass is 10.2. The zero-order chi connectivity index (χ0) is 14.5. The topological polar surface area (TPSA) is 83.1 Å². The van der Waals surface area contributed by atoms with Gasteiger partial charge in [0.25, 0.3) is 5.91 Å². The summed E-state index contributed by atoms with van der Waals surface area (Å²) in [5.41, 5.74) is 0.442. The fourth-order valence-corrected chi connectivity index (χ4v) is 1.71. The molecule has 3 N–H and O–H groups in total. The summed E-state index contributed by atoms with van der Waals surface area (Å²) in [6.45, 7) is 4.43. The van der Waals surface area contributed by atoms with Crippen LogP contribution in [0.2, 0.25) is 0 Å². The van der Waals surface area contributed by atoms with Gasteiger partial charge in [0, 0.05) is 18.8 Å². The minimum Gasteiger partial charge on any atom is -0.370 e. The van der Waals surface area contributed by atoms with Crippen LogP contribution in [0.1, 0.15) is 37.0 Å². The fraction of sp³-hybridized carbons (Fsp3) is 0.500. The summed E-state index contributed by atoms with van der Waals surface area (Å²) in [7, 11) is 0. The first-order valence-corrected chi connectivity index (χ1v) is 6.91. The van der Waals surface area contributed by atoms with Crippen molar-refractivity contribution >= 4 is 17.6 Å². The van der Waals surface area contributed by atoms with Gasteiger partial charge in [0.15, 0.2) is 0 Å². The highest BCUT2D eigenvalue weighted by Crippen LogP contribution is 2.18. The molecule has 0 radical (unpaired) electrons. The average Bonchev–Trinajstić information content (AvgIpc) is 3.23. The summed E-state index contributed by atoms with van der Waals surface area (Å²) in [6.07, 6.45) is 3.56. The summed E-state index contributed by atoms with van der Waals surface area (Å²) < 4.78 is 0. The van der Waals surface area contributed by atoms with Crippen LogP contribution in [0.5, 0.6) is 0 Å². The molecule has 1 unspecified atom stereocenters. The van der Waals surface area contributed by atoms with E-state index in [1.54, 1.807) is 19.1 Å². The molecule has 20 heavy (non-hydrogen) atoms.